The van der Waals surface area contributed by atoms with Crippen LogP contribution in [0.2, 0.25) is 0 Å². The molecule has 0 saturated heterocycles. The Hall–Kier alpha value is -3.28. The summed E-state index contributed by atoms with van der Waals surface area (Å²) in [5, 5.41) is 3.46. The maximum atomic E-state index is 12.4. The second-order valence-corrected chi connectivity index (χ2v) is 5.02. The van der Waals surface area contributed by atoms with Crippen LogP contribution >= 0.6 is 0 Å². The molecule has 1 heterocycles. The van der Waals surface area contributed by atoms with Crippen molar-refractivity contribution in [2.24, 2.45) is 0 Å². The maximum Gasteiger partial charge on any atom is 0.337 e. The first-order valence-electron chi connectivity index (χ1n) is 7.18. The summed E-state index contributed by atoms with van der Waals surface area (Å²) in [7, 11) is 2.84. The first-order chi connectivity index (χ1) is 11.6. The molecule has 0 radical (unpaired) electrons. The van der Waals surface area contributed by atoms with Crippen molar-refractivity contribution < 1.29 is 23.5 Å². The summed E-state index contributed by atoms with van der Waals surface area (Å²) in [6.45, 7) is 0. The highest BCUT2D eigenvalue weighted by molar-refractivity contribution is 6.05. The minimum Gasteiger partial charge on any atom is -0.493 e. The summed E-state index contributed by atoms with van der Waals surface area (Å²) < 4.78 is 15.5. The fraction of sp³-hybridized carbons (Fsp3) is 0.111. The number of para-hydroxylation sites is 1. The lowest BCUT2D eigenvalue weighted by Gasteiger charge is -2.05. The monoisotopic (exact) mass is 325 g/mol. The molecule has 3 rings (SSSR count). The van der Waals surface area contributed by atoms with Crippen LogP contribution in [0.1, 0.15) is 20.9 Å². The van der Waals surface area contributed by atoms with Gasteiger partial charge in [0.05, 0.1) is 19.8 Å². The number of ether oxygens (including phenoxy) is 2. The van der Waals surface area contributed by atoms with Gasteiger partial charge in [0.1, 0.15) is 0 Å². The van der Waals surface area contributed by atoms with Crippen LogP contribution in [0.3, 0.4) is 0 Å². The van der Waals surface area contributed by atoms with Crippen molar-refractivity contribution in [1.29, 1.82) is 0 Å². The quantitative estimate of drug-likeness (QED) is 0.743. The molecular formula is C18H15NO5. The van der Waals surface area contributed by atoms with E-state index >= 15 is 0 Å². The van der Waals surface area contributed by atoms with Crippen LogP contribution in [0.25, 0.3) is 11.0 Å². The molecule has 0 atom stereocenters. The van der Waals surface area contributed by atoms with Crippen LogP contribution in [-0.4, -0.2) is 26.1 Å². The molecule has 3 aromatic rings. The van der Waals surface area contributed by atoms with Crippen LogP contribution in [-0.2, 0) is 4.74 Å². The van der Waals surface area contributed by atoms with E-state index in [1.165, 1.54) is 20.3 Å². The van der Waals surface area contributed by atoms with E-state index in [0.717, 1.165) is 5.39 Å². The number of carbonyl (C=O) groups excluding carboxylic acids is 2. The number of fused-ring (bicyclic) bond motifs is 1. The fourth-order valence-electron chi connectivity index (χ4n) is 2.34. The maximum absolute atomic E-state index is 12.4. The molecule has 24 heavy (non-hydrogen) atoms. The van der Waals surface area contributed by atoms with E-state index in [1.54, 1.807) is 30.3 Å². The minimum atomic E-state index is -0.473. The number of anilines is 1. The van der Waals surface area contributed by atoms with Gasteiger partial charge in [-0.3, -0.25) is 4.79 Å². The van der Waals surface area contributed by atoms with Gasteiger partial charge in [0.15, 0.2) is 17.1 Å². The number of nitrogens with one attached hydrogen (secondary N) is 1. The van der Waals surface area contributed by atoms with Gasteiger partial charge in [-0.15, -0.1) is 0 Å². The Balaban J connectivity index is 1.86. The zero-order valence-corrected chi connectivity index (χ0v) is 13.2. The average Bonchev–Trinajstić information content (AvgIpc) is 3.05. The van der Waals surface area contributed by atoms with E-state index in [9.17, 15) is 9.59 Å². The second kappa shape index (κ2) is 6.45. The topological polar surface area (TPSA) is 77.8 Å². The Morgan fingerprint density at radius 1 is 1.04 bits per heavy atom. The molecule has 0 saturated carbocycles. The zero-order valence-electron chi connectivity index (χ0n) is 13.2. The van der Waals surface area contributed by atoms with Gasteiger partial charge in [0, 0.05) is 11.1 Å². The third kappa shape index (κ3) is 2.94. The van der Waals surface area contributed by atoms with E-state index < -0.39 is 11.9 Å². The van der Waals surface area contributed by atoms with Crippen molar-refractivity contribution in [3.63, 3.8) is 0 Å². The SMILES string of the molecule is COC(=O)c1cccc(NC(=O)c2cc3cccc(OC)c3o2)c1. The molecule has 1 aromatic heterocycles. The van der Waals surface area contributed by atoms with Gasteiger partial charge < -0.3 is 19.2 Å². The molecule has 2 aromatic carbocycles. The number of carbonyl (C=O) groups is 2. The molecular weight excluding hydrogens is 310 g/mol. The average molecular weight is 325 g/mol. The largest absolute Gasteiger partial charge is 0.493 e. The van der Waals surface area contributed by atoms with Gasteiger partial charge >= 0.3 is 5.97 Å². The molecule has 6 heteroatoms. The number of methoxy groups -OCH3 is 2. The highest BCUT2D eigenvalue weighted by Gasteiger charge is 2.15. The lowest BCUT2D eigenvalue weighted by Crippen LogP contribution is -2.11. The molecule has 0 unspecified atom stereocenters. The van der Waals surface area contributed by atoms with Gasteiger partial charge in [-0.2, -0.15) is 0 Å². The summed E-state index contributed by atoms with van der Waals surface area (Å²) in [5.74, 6) is -0.188. The summed E-state index contributed by atoms with van der Waals surface area (Å²) in [5.41, 5.74) is 1.32. The first kappa shape index (κ1) is 15.6. The van der Waals surface area contributed by atoms with Crippen LogP contribution in [0.5, 0.6) is 5.75 Å². The van der Waals surface area contributed by atoms with Gasteiger partial charge in [0.25, 0.3) is 5.91 Å². The van der Waals surface area contributed by atoms with Gasteiger partial charge in [-0.1, -0.05) is 18.2 Å². The van der Waals surface area contributed by atoms with Crippen LogP contribution < -0.4 is 10.1 Å². The number of esters is 1. The fourth-order valence-corrected chi connectivity index (χ4v) is 2.34. The number of hydrogen-bond donors (Lipinski definition) is 1. The molecule has 1 N–H and O–H groups in total. The molecule has 0 aliphatic carbocycles. The Bertz CT molecular complexity index is 913. The van der Waals surface area contributed by atoms with E-state index in [4.69, 9.17) is 9.15 Å². The van der Waals surface area contributed by atoms with Gasteiger partial charge in [-0.25, -0.2) is 4.79 Å². The standard InChI is InChI=1S/C18H15NO5/c1-22-14-8-4-5-11-10-15(24-16(11)14)17(20)19-13-7-3-6-12(9-13)18(21)23-2/h3-10H,1-2H3,(H,19,20). The van der Waals surface area contributed by atoms with Gasteiger partial charge in [0.2, 0.25) is 0 Å². The third-order valence-corrected chi connectivity index (χ3v) is 3.49. The number of hydrogen-bond acceptors (Lipinski definition) is 5. The number of benzene rings is 2. The molecule has 0 fully saturated rings. The van der Waals surface area contributed by atoms with Crippen molar-refractivity contribution in [1.82, 2.24) is 0 Å². The molecule has 0 bridgehead atoms. The smallest absolute Gasteiger partial charge is 0.337 e. The van der Waals surface area contributed by atoms with Crippen molar-refractivity contribution in [2.45, 2.75) is 0 Å². The summed E-state index contributed by atoms with van der Waals surface area (Å²) in [6.07, 6.45) is 0. The van der Waals surface area contributed by atoms with E-state index in [1.807, 2.05) is 12.1 Å². The molecule has 6 nitrogen and oxygen atoms in total. The van der Waals surface area contributed by atoms with Crippen molar-refractivity contribution in [3.05, 3.63) is 59.9 Å². The Kier molecular flexibility index (Phi) is 4.20. The molecule has 0 aliphatic heterocycles. The zero-order chi connectivity index (χ0) is 17.1. The lowest BCUT2D eigenvalue weighted by atomic mass is 10.2. The number of furan rings is 1. The van der Waals surface area contributed by atoms with Gasteiger partial charge in [-0.05, 0) is 30.3 Å². The predicted molar refractivity (Wildman–Crippen MR) is 88.5 cm³/mol. The molecule has 1 amide bonds. The number of amides is 1. The normalized spacial score (nSPS) is 10.4. The lowest BCUT2D eigenvalue weighted by molar-refractivity contribution is 0.0600. The predicted octanol–water partition coefficient (Wildman–Crippen LogP) is 3.48. The summed E-state index contributed by atoms with van der Waals surface area (Å²) in [4.78, 5) is 23.9. The second-order valence-electron chi connectivity index (χ2n) is 5.02. The molecule has 0 spiro atoms. The Labute approximate surface area is 138 Å². The van der Waals surface area contributed by atoms with Crippen LogP contribution in [0.15, 0.2) is 52.9 Å². The van der Waals surface area contributed by atoms with E-state index in [-0.39, 0.29) is 5.76 Å². The number of rotatable bonds is 4. The molecule has 122 valence electrons. The third-order valence-electron chi connectivity index (χ3n) is 3.49. The van der Waals surface area contributed by atoms with Crippen LogP contribution in [0, 0.1) is 0 Å². The van der Waals surface area contributed by atoms with Crippen molar-refractivity contribution in [2.75, 3.05) is 19.5 Å². The molecule has 0 aliphatic rings. The highest BCUT2D eigenvalue weighted by atomic mass is 16.5. The highest BCUT2D eigenvalue weighted by Crippen LogP contribution is 2.28. The minimum absolute atomic E-state index is 0.151. The van der Waals surface area contributed by atoms with E-state index in [2.05, 4.69) is 10.1 Å². The Morgan fingerprint density at radius 3 is 2.58 bits per heavy atom. The summed E-state index contributed by atoms with van der Waals surface area (Å²) in [6, 6.07) is 13.5. The van der Waals surface area contributed by atoms with Crippen LogP contribution in [0.4, 0.5) is 5.69 Å². The first-order valence-corrected chi connectivity index (χ1v) is 7.18. The van der Waals surface area contributed by atoms with Crippen molar-refractivity contribution in [3.8, 4) is 5.75 Å². The Morgan fingerprint density at radius 2 is 1.83 bits per heavy atom. The van der Waals surface area contributed by atoms with Crippen molar-refractivity contribution >= 4 is 28.5 Å². The summed E-state index contributed by atoms with van der Waals surface area (Å²) >= 11 is 0. The van der Waals surface area contributed by atoms with E-state index in [0.29, 0.717) is 22.6 Å².